The number of hydrogen-bond acceptors (Lipinski definition) is 9. The molecule has 3 aliphatic heterocycles. The van der Waals surface area contributed by atoms with Gasteiger partial charge in [-0.15, -0.1) is 0 Å². The number of nitrogens with zero attached hydrogens (tertiary/aromatic N) is 3. The Morgan fingerprint density at radius 1 is 1.14 bits per heavy atom. The first-order chi connectivity index (χ1) is 17.7. The average molecular weight is 547 g/mol. The van der Waals surface area contributed by atoms with Crippen LogP contribution in [0, 0.1) is 5.92 Å². The second kappa shape index (κ2) is 9.86. The number of urea groups is 1. The summed E-state index contributed by atoms with van der Waals surface area (Å²) in [6, 6.07) is 3.42. The molecule has 11 nitrogen and oxygen atoms in total. The topological polar surface area (TPSA) is 152 Å². The molecule has 0 radical (unpaired) electrons. The molecule has 5 rings (SSSR count). The minimum absolute atomic E-state index is 0.0990. The first-order valence-electron chi connectivity index (χ1n) is 12.0. The van der Waals surface area contributed by atoms with E-state index in [0.717, 1.165) is 42.4 Å². The van der Waals surface area contributed by atoms with Gasteiger partial charge in [0.25, 0.3) is 5.91 Å². The number of primary amides is 1. The zero-order valence-corrected chi connectivity index (χ0v) is 21.7. The van der Waals surface area contributed by atoms with Crippen molar-refractivity contribution in [2.75, 3.05) is 19.7 Å². The Bertz CT molecular complexity index is 1350. The number of fused-ring (bicyclic) bond motifs is 2. The van der Waals surface area contributed by atoms with E-state index in [9.17, 15) is 29.1 Å². The van der Waals surface area contributed by atoms with E-state index >= 15 is 0 Å². The fourth-order valence-corrected chi connectivity index (χ4v) is 7.98. The van der Waals surface area contributed by atoms with E-state index in [1.807, 2.05) is 0 Å². The number of rotatable bonds is 5. The van der Waals surface area contributed by atoms with Gasteiger partial charge in [0.15, 0.2) is 11.5 Å². The largest absolute Gasteiger partial charge is 0.504 e. The van der Waals surface area contributed by atoms with Crippen LogP contribution >= 0.6 is 23.1 Å². The van der Waals surface area contributed by atoms with Crippen molar-refractivity contribution < 1.29 is 29.0 Å². The molecule has 2 saturated heterocycles. The quantitative estimate of drug-likeness (QED) is 0.538. The summed E-state index contributed by atoms with van der Waals surface area (Å²) in [6.45, 7) is 3.13. The molecule has 4 heterocycles. The van der Waals surface area contributed by atoms with Crippen LogP contribution in [0.15, 0.2) is 28.0 Å². The van der Waals surface area contributed by atoms with Gasteiger partial charge in [-0.05, 0) is 43.9 Å². The molecule has 3 atom stereocenters. The molecular formula is C24H26N4O7S2. The Labute approximate surface area is 220 Å². The van der Waals surface area contributed by atoms with E-state index in [2.05, 4.69) is 0 Å². The number of aromatic nitrogens is 1. The number of amides is 5. The molecule has 1 aromatic heterocycles. The van der Waals surface area contributed by atoms with Crippen molar-refractivity contribution in [3.8, 4) is 11.5 Å². The number of thioether (sulfide) groups is 1. The molecule has 2 fully saturated rings. The monoisotopic (exact) mass is 546 g/mol. The summed E-state index contributed by atoms with van der Waals surface area (Å²) < 4.78 is 6.88. The Balaban J connectivity index is 1.61. The van der Waals surface area contributed by atoms with Crippen LogP contribution in [0.5, 0.6) is 11.5 Å². The Morgan fingerprint density at radius 2 is 1.86 bits per heavy atom. The number of imide groups is 3. The lowest BCUT2D eigenvalue weighted by atomic mass is 9.83. The van der Waals surface area contributed by atoms with Crippen molar-refractivity contribution in [3.63, 3.8) is 0 Å². The van der Waals surface area contributed by atoms with Crippen LogP contribution in [-0.2, 0) is 20.9 Å². The maximum Gasteiger partial charge on any atom is 0.328 e. The van der Waals surface area contributed by atoms with Crippen LogP contribution in [0.2, 0.25) is 0 Å². The third-order valence-electron chi connectivity index (χ3n) is 6.91. The molecule has 3 aliphatic rings. The fraction of sp³-hybridized carbons (Fsp3) is 0.458. The number of nitrogens with two attached hydrogens (primary N) is 1. The van der Waals surface area contributed by atoms with E-state index in [1.54, 1.807) is 24.0 Å². The number of hydrogen-bond donors (Lipinski definition) is 2. The summed E-state index contributed by atoms with van der Waals surface area (Å²) in [5.74, 6) is -3.37. The number of thiazole rings is 1. The number of phenolic OH excluding ortho intramolecular Hbond substituents is 1. The fourth-order valence-electron chi connectivity index (χ4n) is 5.21. The maximum atomic E-state index is 13.3. The Hall–Kier alpha value is -3.32. The first kappa shape index (κ1) is 25.3. The van der Waals surface area contributed by atoms with Gasteiger partial charge in [0.2, 0.25) is 11.8 Å². The molecule has 37 heavy (non-hydrogen) atoms. The standard InChI is InChI=1S/C24H26N4O7S2/c1-2-35-14-10-12(6-7-13(14)29)16-17-18(21(32)28(20(17)31)23(25)33)36-22-19(16)37-24(34)27(22)11-15(30)26-8-4-3-5-9-26/h6-7,10,16-18,29H,2-5,8-9,11H2,1H3,(H2,25,33)/t16-,17+,18-/m0/s1. The highest BCUT2D eigenvalue weighted by atomic mass is 32.2. The molecule has 0 unspecified atom stereocenters. The Kier molecular flexibility index (Phi) is 6.75. The minimum atomic E-state index is -1.16. The summed E-state index contributed by atoms with van der Waals surface area (Å²) in [5.41, 5.74) is 5.89. The second-order valence-electron chi connectivity index (χ2n) is 9.12. The molecule has 0 saturated carbocycles. The van der Waals surface area contributed by atoms with Gasteiger partial charge in [-0.2, -0.15) is 4.90 Å². The second-order valence-corrected chi connectivity index (χ2v) is 11.2. The number of aromatic hydroxyl groups is 1. The molecule has 13 heteroatoms. The van der Waals surface area contributed by atoms with Crippen molar-refractivity contribution >= 4 is 46.9 Å². The summed E-state index contributed by atoms with van der Waals surface area (Å²) in [4.78, 5) is 67.0. The SMILES string of the molecule is CCOc1cc([C@@H]2c3sc(=O)n(CC(=O)N4CCCCC4)c3S[C@@H]3C(=O)N(C(N)=O)C(=O)[C@H]23)ccc1O. The highest BCUT2D eigenvalue weighted by Gasteiger charge is 2.58. The normalized spacial score (nSPS) is 23.1. The molecule has 1 aromatic carbocycles. The molecule has 5 amide bonds. The van der Waals surface area contributed by atoms with Gasteiger partial charge in [-0.25, -0.2) is 4.79 Å². The lowest BCUT2D eigenvalue weighted by Crippen LogP contribution is -2.41. The molecule has 0 spiro atoms. The van der Waals surface area contributed by atoms with E-state index < -0.39 is 34.9 Å². The van der Waals surface area contributed by atoms with Gasteiger partial charge in [0.05, 0.1) is 17.6 Å². The zero-order chi connectivity index (χ0) is 26.4. The van der Waals surface area contributed by atoms with Gasteiger partial charge in [0, 0.05) is 23.9 Å². The van der Waals surface area contributed by atoms with Gasteiger partial charge in [-0.1, -0.05) is 29.2 Å². The number of benzene rings is 1. The van der Waals surface area contributed by atoms with Gasteiger partial charge >= 0.3 is 10.9 Å². The lowest BCUT2D eigenvalue weighted by Gasteiger charge is -2.31. The van der Waals surface area contributed by atoms with Crippen molar-refractivity contribution in [2.24, 2.45) is 11.7 Å². The van der Waals surface area contributed by atoms with Gasteiger partial charge < -0.3 is 20.5 Å². The first-order valence-corrected chi connectivity index (χ1v) is 13.7. The smallest absolute Gasteiger partial charge is 0.328 e. The molecule has 0 aliphatic carbocycles. The molecule has 2 aromatic rings. The maximum absolute atomic E-state index is 13.3. The average Bonchev–Trinajstić information content (AvgIpc) is 3.32. The van der Waals surface area contributed by atoms with Crippen LogP contribution in [0.1, 0.15) is 42.5 Å². The van der Waals surface area contributed by atoms with Crippen LogP contribution in [0.4, 0.5) is 4.79 Å². The van der Waals surface area contributed by atoms with Crippen LogP contribution in [0.3, 0.4) is 0 Å². The number of phenols is 1. The molecular weight excluding hydrogens is 520 g/mol. The van der Waals surface area contributed by atoms with Crippen molar-refractivity contribution in [3.05, 3.63) is 38.3 Å². The third kappa shape index (κ3) is 4.29. The number of likely N-dealkylation sites (tertiary alicyclic amines) is 2. The molecule has 0 bridgehead atoms. The summed E-state index contributed by atoms with van der Waals surface area (Å²) in [6.07, 6.45) is 2.87. The minimum Gasteiger partial charge on any atom is -0.504 e. The summed E-state index contributed by atoms with van der Waals surface area (Å²) in [5, 5.41) is 9.63. The predicted molar refractivity (Wildman–Crippen MR) is 135 cm³/mol. The summed E-state index contributed by atoms with van der Waals surface area (Å²) in [7, 11) is 0. The van der Waals surface area contributed by atoms with Crippen molar-refractivity contribution in [2.45, 2.75) is 48.9 Å². The number of carbonyl (C=O) groups is 4. The molecule has 196 valence electrons. The van der Waals surface area contributed by atoms with E-state index in [-0.39, 0.29) is 35.4 Å². The van der Waals surface area contributed by atoms with Crippen LogP contribution < -0.4 is 15.3 Å². The highest BCUT2D eigenvalue weighted by molar-refractivity contribution is 8.00. The third-order valence-corrected chi connectivity index (χ3v) is 9.52. The Morgan fingerprint density at radius 3 is 2.54 bits per heavy atom. The number of piperidine rings is 1. The molecule has 3 N–H and O–H groups in total. The van der Waals surface area contributed by atoms with Gasteiger partial charge in [-0.3, -0.25) is 23.7 Å². The van der Waals surface area contributed by atoms with E-state index in [4.69, 9.17) is 10.5 Å². The van der Waals surface area contributed by atoms with Crippen molar-refractivity contribution in [1.82, 2.24) is 14.4 Å². The predicted octanol–water partition coefficient (Wildman–Crippen LogP) is 1.70. The van der Waals surface area contributed by atoms with Crippen molar-refractivity contribution in [1.29, 1.82) is 0 Å². The van der Waals surface area contributed by atoms with Crippen LogP contribution in [0.25, 0.3) is 0 Å². The van der Waals surface area contributed by atoms with Gasteiger partial charge in [0.1, 0.15) is 11.8 Å². The lowest BCUT2D eigenvalue weighted by molar-refractivity contribution is -0.136. The highest BCUT2D eigenvalue weighted by Crippen LogP contribution is 2.53. The van der Waals surface area contributed by atoms with E-state index in [0.29, 0.717) is 33.5 Å². The zero-order valence-electron chi connectivity index (χ0n) is 20.0. The number of ether oxygens (including phenoxy) is 1. The van der Waals surface area contributed by atoms with Crippen LogP contribution in [-0.4, -0.2) is 68.2 Å². The van der Waals surface area contributed by atoms with E-state index in [1.165, 1.54) is 10.6 Å². The summed E-state index contributed by atoms with van der Waals surface area (Å²) >= 11 is 1.92. The number of carbonyl (C=O) groups excluding carboxylic acids is 4.